The van der Waals surface area contributed by atoms with Gasteiger partial charge < -0.3 is 5.73 Å². The Balaban J connectivity index is 1.66. The topological polar surface area (TPSA) is 29.3 Å². The molecule has 4 aliphatic carbocycles. The summed E-state index contributed by atoms with van der Waals surface area (Å²) in [4.78, 5) is 2.83. The molecule has 1 aliphatic heterocycles. The summed E-state index contributed by atoms with van der Waals surface area (Å²) in [6.45, 7) is 3.51. The zero-order chi connectivity index (χ0) is 12.2. The van der Waals surface area contributed by atoms with Crippen molar-refractivity contribution in [2.45, 2.75) is 37.6 Å². The second kappa shape index (κ2) is 4.39. The van der Waals surface area contributed by atoms with E-state index in [1.165, 1.54) is 50.3 Å². The van der Waals surface area contributed by atoms with Crippen molar-refractivity contribution in [3.8, 4) is 0 Å². The molecule has 2 nitrogen and oxygen atoms in total. The zero-order valence-corrected chi connectivity index (χ0v) is 12.1. The molecule has 0 spiro atoms. The van der Waals surface area contributed by atoms with E-state index in [4.69, 9.17) is 5.73 Å². The molecule has 1 saturated heterocycles. The van der Waals surface area contributed by atoms with Crippen LogP contribution >= 0.6 is 11.8 Å². The first-order chi connectivity index (χ1) is 8.83. The smallest absolute Gasteiger partial charge is 0.0388 e. The molecule has 4 bridgehead atoms. The van der Waals surface area contributed by atoms with E-state index in [0.29, 0.717) is 5.54 Å². The van der Waals surface area contributed by atoms with Crippen LogP contribution in [0.4, 0.5) is 0 Å². The van der Waals surface area contributed by atoms with Crippen LogP contribution < -0.4 is 5.73 Å². The maximum atomic E-state index is 6.37. The lowest BCUT2D eigenvalue weighted by atomic mass is 9.48. The van der Waals surface area contributed by atoms with Crippen molar-refractivity contribution < 1.29 is 0 Å². The average molecular weight is 266 g/mol. The molecule has 0 aromatic rings. The van der Waals surface area contributed by atoms with E-state index in [2.05, 4.69) is 16.7 Å². The lowest BCUT2D eigenvalue weighted by Gasteiger charge is -2.65. The molecule has 4 saturated carbocycles. The van der Waals surface area contributed by atoms with Crippen LogP contribution in [0.2, 0.25) is 0 Å². The fourth-order valence-corrected chi connectivity index (χ4v) is 6.86. The molecule has 5 fully saturated rings. The third-order valence-electron chi connectivity index (χ3n) is 6.48. The number of hydrogen-bond acceptors (Lipinski definition) is 3. The van der Waals surface area contributed by atoms with Crippen molar-refractivity contribution >= 4 is 11.8 Å². The Hall–Kier alpha value is 0.270. The summed E-state index contributed by atoms with van der Waals surface area (Å²) in [5, 5.41) is 0. The number of rotatable bonds is 2. The largest absolute Gasteiger partial charge is 0.329 e. The molecule has 0 aromatic heterocycles. The summed E-state index contributed by atoms with van der Waals surface area (Å²) < 4.78 is 0. The van der Waals surface area contributed by atoms with Gasteiger partial charge in [-0.3, -0.25) is 4.90 Å². The molecular formula is C15H26N2S. The Morgan fingerprint density at radius 3 is 2.00 bits per heavy atom. The van der Waals surface area contributed by atoms with Crippen LogP contribution in [0, 0.1) is 23.7 Å². The normalized spacial score (nSPS) is 51.8. The number of hydrogen-bond donors (Lipinski definition) is 1. The highest BCUT2D eigenvalue weighted by Gasteiger charge is 2.58. The molecule has 5 aliphatic rings. The number of thioether (sulfide) groups is 1. The van der Waals surface area contributed by atoms with Gasteiger partial charge in [0.05, 0.1) is 0 Å². The summed E-state index contributed by atoms with van der Waals surface area (Å²) >= 11 is 2.13. The van der Waals surface area contributed by atoms with Crippen LogP contribution in [-0.2, 0) is 0 Å². The van der Waals surface area contributed by atoms with Gasteiger partial charge in [-0.1, -0.05) is 0 Å². The van der Waals surface area contributed by atoms with Gasteiger partial charge in [0.2, 0.25) is 0 Å². The van der Waals surface area contributed by atoms with E-state index in [1.807, 2.05) is 0 Å². The van der Waals surface area contributed by atoms with E-state index in [0.717, 1.165) is 30.2 Å². The van der Waals surface area contributed by atoms with Crippen molar-refractivity contribution in [3.63, 3.8) is 0 Å². The zero-order valence-electron chi connectivity index (χ0n) is 11.3. The summed E-state index contributed by atoms with van der Waals surface area (Å²) in [5.74, 6) is 6.64. The van der Waals surface area contributed by atoms with Gasteiger partial charge in [-0.2, -0.15) is 11.8 Å². The summed E-state index contributed by atoms with van der Waals surface area (Å²) in [5.41, 5.74) is 6.78. The fraction of sp³-hybridized carbons (Fsp3) is 1.00. The third-order valence-corrected chi connectivity index (χ3v) is 7.42. The lowest BCUT2D eigenvalue weighted by molar-refractivity contribution is -0.128. The second-order valence-corrected chi connectivity index (χ2v) is 8.32. The minimum Gasteiger partial charge on any atom is -0.329 e. The van der Waals surface area contributed by atoms with E-state index in [9.17, 15) is 0 Å². The molecule has 0 aromatic carbocycles. The van der Waals surface area contributed by atoms with Crippen LogP contribution in [0.15, 0.2) is 0 Å². The van der Waals surface area contributed by atoms with Gasteiger partial charge in [-0.25, -0.2) is 0 Å². The van der Waals surface area contributed by atoms with Gasteiger partial charge in [0.1, 0.15) is 0 Å². The highest BCUT2D eigenvalue weighted by molar-refractivity contribution is 7.99. The van der Waals surface area contributed by atoms with Crippen LogP contribution in [0.3, 0.4) is 0 Å². The monoisotopic (exact) mass is 266 g/mol. The molecule has 0 radical (unpaired) electrons. The van der Waals surface area contributed by atoms with Gasteiger partial charge in [-0.05, 0) is 55.8 Å². The van der Waals surface area contributed by atoms with Gasteiger partial charge in [-0.15, -0.1) is 0 Å². The highest BCUT2D eigenvalue weighted by Crippen LogP contribution is 2.60. The van der Waals surface area contributed by atoms with Crippen LogP contribution in [-0.4, -0.2) is 41.6 Å². The van der Waals surface area contributed by atoms with Crippen LogP contribution in [0.1, 0.15) is 32.1 Å². The van der Waals surface area contributed by atoms with E-state index in [-0.39, 0.29) is 0 Å². The van der Waals surface area contributed by atoms with E-state index >= 15 is 0 Å². The molecule has 0 unspecified atom stereocenters. The van der Waals surface area contributed by atoms with E-state index < -0.39 is 0 Å². The van der Waals surface area contributed by atoms with E-state index in [1.54, 1.807) is 6.42 Å². The van der Waals surface area contributed by atoms with Gasteiger partial charge in [0, 0.05) is 36.7 Å². The molecular weight excluding hydrogens is 240 g/mol. The lowest BCUT2D eigenvalue weighted by Crippen LogP contribution is -2.70. The molecule has 0 amide bonds. The van der Waals surface area contributed by atoms with Crippen molar-refractivity contribution in [1.82, 2.24) is 4.90 Å². The molecule has 3 heteroatoms. The van der Waals surface area contributed by atoms with Gasteiger partial charge in [0.15, 0.2) is 0 Å². The molecule has 5 rings (SSSR count). The quantitative estimate of drug-likeness (QED) is 0.831. The van der Waals surface area contributed by atoms with Crippen molar-refractivity contribution in [3.05, 3.63) is 0 Å². The van der Waals surface area contributed by atoms with Gasteiger partial charge in [0.25, 0.3) is 0 Å². The standard InChI is InChI=1S/C15H26N2S/c16-10-15(17-1-3-18-4-2-17)13-6-11-5-12(8-13)9-14(15)7-11/h11-14H,1-10,16H2. The predicted molar refractivity (Wildman–Crippen MR) is 77.7 cm³/mol. The molecule has 102 valence electrons. The highest BCUT2D eigenvalue weighted by atomic mass is 32.2. The Morgan fingerprint density at radius 1 is 0.944 bits per heavy atom. The minimum atomic E-state index is 0.411. The Morgan fingerprint density at radius 2 is 1.50 bits per heavy atom. The molecule has 0 atom stereocenters. The Kier molecular flexibility index (Phi) is 2.94. The predicted octanol–water partition coefficient (Wildman–Crippen LogP) is 2.19. The van der Waals surface area contributed by atoms with Crippen LogP contribution in [0.5, 0.6) is 0 Å². The summed E-state index contributed by atoms with van der Waals surface area (Å²) in [7, 11) is 0. The van der Waals surface area contributed by atoms with Gasteiger partial charge >= 0.3 is 0 Å². The first-order valence-electron chi connectivity index (χ1n) is 7.86. The minimum absolute atomic E-state index is 0.411. The third kappa shape index (κ3) is 1.56. The Labute approximate surface area is 115 Å². The van der Waals surface area contributed by atoms with Crippen LogP contribution in [0.25, 0.3) is 0 Å². The van der Waals surface area contributed by atoms with Crippen molar-refractivity contribution in [2.24, 2.45) is 29.4 Å². The maximum absolute atomic E-state index is 6.37. The molecule has 18 heavy (non-hydrogen) atoms. The summed E-state index contributed by atoms with van der Waals surface area (Å²) in [6, 6.07) is 0. The fourth-order valence-electron chi connectivity index (χ4n) is 5.96. The Bertz CT molecular complexity index is 291. The summed E-state index contributed by atoms with van der Waals surface area (Å²) in [6.07, 6.45) is 7.52. The first-order valence-corrected chi connectivity index (χ1v) is 9.01. The molecule has 2 N–H and O–H groups in total. The number of nitrogens with two attached hydrogens (primary N) is 1. The van der Waals surface area contributed by atoms with Crippen molar-refractivity contribution in [2.75, 3.05) is 31.1 Å². The molecule has 1 heterocycles. The number of nitrogens with zero attached hydrogens (tertiary/aromatic N) is 1. The average Bonchev–Trinajstić information content (AvgIpc) is 2.40. The second-order valence-electron chi connectivity index (χ2n) is 7.10. The van der Waals surface area contributed by atoms with Crippen molar-refractivity contribution in [1.29, 1.82) is 0 Å². The first kappa shape index (κ1) is 12.0. The maximum Gasteiger partial charge on any atom is 0.0388 e. The SMILES string of the molecule is NCC1(N2CCSCC2)C2CC3CC(C2)CC1C3.